The van der Waals surface area contributed by atoms with Crippen molar-refractivity contribution in [1.82, 2.24) is 9.97 Å². The molecule has 0 atom stereocenters. The molecule has 0 aliphatic heterocycles. The zero-order valence-corrected chi connectivity index (χ0v) is 14.9. The first-order valence-corrected chi connectivity index (χ1v) is 8.13. The van der Waals surface area contributed by atoms with E-state index in [-0.39, 0.29) is 23.1 Å². The minimum Gasteiger partial charge on any atom is -0.469 e. The van der Waals surface area contributed by atoms with Crippen LogP contribution in [0.3, 0.4) is 0 Å². The van der Waals surface area contributed by atoms with Crippen molar-refractivity contribution in [2.24, 2.45) is 0 Å². The van der Waals surface area contributed by atoms with Gasteiger partial charge in [-0.15, -0.1) is 0 Å². The number of rotatable bonds is 5. The Balaban J connectivity index is 2.23. The van der Waals surface area contributed by atoms with Crippen molar-refractivity contribution < 1.29 is 13.9 Å². The summed E-state index contributed by atoms with van der Waals surface area (Å²) in [5.74, 6) is 0.00957. The summed E-state index contributed by atoms with van der Waals surface area (Å²) in [6, 6.07) is 3.29. The fourth-order valence-electron chi connectivity index (χ4n) is 2.81. The normalized spacial score (nSPS) is 10.8. The Kier molecular flexibility index (Phi) is 4.90. The van der Waals surface area contributed by atoms with Crippen LogP contribution in [-0.2, 0) is 4.79 Å². The molecule has 0 aliphatic carbocycles. The van der Waals surface area contributed by atoms with Gasteiger partial charge in [0.2, 0.25) is 5.88 Å². The molecule has 0 amide bonds. The van der Waals surface area contributed by atoms with Gasteiger partial charge in [0.15, 0.2) is 6.29 Å². The number of nitrogens with zero attached hydrogens (tertiary/aromatic N) is 2. The number of ether oxygens (including phenoxy) is 1. The summed E-state index contributed by atoms with van der Waals surface area (Å²) in [6.45, 7) is 1.68. The Morgan fingerprint density at radius 2 is 2.08 bits per heavy atom. The molecule has 0 radical (unpaired) electrons. The van der Waals surface area contributed by atoms with Gasteiger partial charge in [-0.25, -0.2) is 14.4 Å². The number of nitrogen functional groups attached to an aromatic ring is 1. The fraction of sp³-hybridized carbons (Fsp3) is 0.167. The molecular weight excluding hydrogens is 359 g/mol. The quantitative estimate of drug-likeness (QED) is 0.663. The van der Waals surface area contributed by atoms with Crippen LogP contribution in [0.2, 0.25) is 5.02 Å². The van der Waals surface area contributed by atoms with Crippen molar-refractivity contribution in [3.8, 4) is 17.0 Å². The Labute approximate surface area is 154 Å². The van der Waals surface area contributed by atoms with Gasteiger partial charge in [0.05, 0.1) is 5.02 Å². The van der Waals surface area contributed by atoms with E-state index in [1.807, 2.05) is 0 Å². The van der Waals surface area contributed by atoms with Gasteiger partial charge >= 0.3 is 0 Å². The lowest BCUT2D eigenvalue weighted by Gasteiger charge is -2.16. The van der Waals surface area contributed by atoms with E-state index in [0.717, 1.165) is 0 Å². The summed E-state index contributed by atoms with van der Waals surface area (Å²) in [6.07, 6.45) is 3.56. The Morgan fingerprint density at radius 3 is 2.77 bits per heavy atom. The summed E-state index contributed by atoms with van der Waals surface area (Å²) >= 11 is 6.20. The number of anilines is 2. The van der Waals surface area contributed by atoms with Crippen molar-refractivity contribution in [1.29, 1.82) is 0 Å². The lowest BCUT2D eigenvalue weighted by Crippen LogP contribution is -2.06. The van der Waals surface area contributed by atoms with Gasteiger partial charge < -0.3 is 15.8 Å². The number of nitrogens with two attached hydrogens (primary N) is 1. The van der Waals surface area contributed by atoms with E-state index < -0.39 is 5.82 Å². The van der Waals surface area contributed by atoms with Crippen LogP contribution in [0.15, 0.2) is 24.5 Å². The Morgan fingerprint density at radius 1 is 1.31 bits per heavy atom. The maximum atomic E-state index is 14.9. The van der Waals surface area contributed by atoms with Crippen molar-refractivity contribution in [3.63, 3.8) is 0 Å². The molecule has 2 heterocycles. The number of hydrogen-bond donors (Lipinski definition) is 2. The molecule has 0 fully saturated rings. The van der Waals surface area contributed by atoms with Crippen LogP contribution in [0.5, 0.6) is 5.88 Å². The number of benzene rings is 1. The molecule has 134 valence electrons. The zero-order valence-electron chi connectivity index (χ0n) is 14.1. The van der Waals surface area contributed by atoms with E-state index >= 15 is 0 Å². The molecule has 3 aromatic rings. The fourth-order valence-corrected chi connectivity index (χ4v) is 3.07. The number of carbonyl (C=O) groups excluding carboxylic acids is 1. The second-order valence-corrected chi connectivity index (χ2v) is 5.97. The van der Waals surface area contributed by atoms with E-state index in [9.17, 15) is 9.18 Å². The Bertz CT molecular complexity index is 1010. The third-order valence-electron chi connectivity index (χ3n) is 4.05. The highest BCUT2D eigenvalue weighted by Gasteiger charge is 2.19. The van der Waals surface area contributed by atoms with Gasteiger partial charge in [-0.3, -0.25) is 4.79 Å². The minimum atomic E-state index is -0.570. The molecule has 26 heavy (non-hydrogen) atoms. The topological polar surface area (TPSA) is 90.1 Å². The summed E-state index contributed by atoms with van der Waals surface area (Å²) in [5, 5.41) is 4.09. The number of nitrogens with one attached hydrogen (secondary N) is 1. The van der Waals surface area contributed by atoms with Crippen LogP contribution < -0.4 is 15.8 Å². The molecule has 0 saturated carbocycles. The molecule has 0 spiro atoms. The third-order valence-corrected chi connectivity index (χ3v) is 4.42. The second-order valence-electron chi connectivity index (χ2n) is 5.59. The summed E-state index contributed by atoms with van der Waals surface area (Å²) in [4.78, 5) is 18.7. The van der Waals surface area contributed by atoms with E-state index in [4.69, 9.17) is 22.1 Å². The number of pyridine rings is 2. The van der Waals surface area contributed by atoms with Crippen LogP contribution in [0, 0.1) is 12.7 Å². The van der Waals surface area contributed by atoms with Crippen molar-refractivity contribution in [2.75, 3.05) is 24.7 Å². The van der Waals surface area contributed by atoms with Crippen LogP contribution >= 0.6 is 11.6 Å². The average molecular weight is 375 g/mol. The van der Waals surface area contributed by atoms with Gasteiger partial charge in [-0.1, -0.05) is 11.6 Å². The van der Waals surface area contributed by atoms with E-state index in [1.165, 1.54) is 12.4 Å². The number of fused-ring (bicyclic) bond motifs is 1. The molecule has 0 unspecified atom stereocenters. The van der Waals surface area contributed by atoms with E-state index in [1.54, 1.807) is 26.1 Å². The van der Waals surface area contributed by atoms with E-state index in [2.05, 4.69) is 15.3 Å². The smallest absolute Gasteiger partial charge is 0.238 e. The standard InChI is InChI=1S/C18H16ClFN4O2/c1-9-12(7-24-18(17(9)22-2)26-4-3-25)11-5-10-6-14(21)23-8-13(10)15(19)16(11)20/h3,5-8,22H,4H2,1-2H3,(H2,21,23). The third kappa shape index (κ3) is 3.01. The van der Waals surface area contributed by atoms with Crippen LogP contribution in [0.4, 0.5) is 15.9 Å². The van der Waals surface area contributed by atoms with Crippen molar-refractivity contribution in [3.05, 3.63) is 40.9 Å². The summed E-state index contributed by atoms with van der Waals surface area (Å²) in [5.41, 5.74) is 7.83. The van der Waals surface area contributed by atoms with Crippen molar-refractivity contribution in [2.45, 2.75) is 6.92 Å². The molecule has 8 heteroatoms. The monoisotopic (exact) mass is 374 g/mol. The van der Waals surface area contributed by atoms with Crippen molar-refractivity contribution >= 4 is 40.2 Å². The first-order chi connectivity index (χ1) is 12.5. The number of hydrogen-bond acceptors (Lipinski definition) is 6. The largest absolute Gasteiger partial charge is 0.469 e. The second kappa shape index (κ2) is 7.13. The molecule has 0 bridgehead atoms. The highest BCUT2D eigenvalue weighted by atomic mass is 35.5. The van der Waals surface area contributed by atoms with Gasteiger partial charge in [-0.05, 0) is 30.0 Å². The number of aromatic nitrogens is 2. The molecule has 3 N–H and O–H groups in total. The predicted molar refractivity (Wildman–Crippen MR) is 100 cm³/mol. The van der Waals surface area contributed by atoms with E-state index in [0.29, 0.717) is 39.7 Å². The lowest BCUT2D eigenvalue weighted by atomic mass is 9.98. The highest BCUT2D eigenvalue weighted by molar-refractivity contribution is 6.36. The maximum Gasteiger partial charge on any atom is 0.238 e. The molecule has 2 aromatic heterocycles. The molecule has 0 saturated heterocycles. The predicted octanol–water partition coefficient (Wildman–Crippen LogP) is 3.60. The van der Waals surface area contributed by atoms with Gasteiger partial charge in [0, 0.05) is 36.0 Å². The first-order valence-electron chi connectivity index (χ1n) is 7.75. The first kappa shape index (κ1) is 17.9. The average Bonchev–Trinajstić information content (AvgIpc) is 2.63. The zero-order chi connectivity index (χ0) is 18.8. The number of aldehydes is 1. The Hall–Kier alpha value is -2.93. The molecule has 6 nitrogen and oxygen atoms in total. The molecule has 0 aliphatic rings. The van der Waals surface area contributed by atoms with Crippen LogP contribution in [-0.4, -0.2) is 29.9 Å². The minimum absolute atomic E-state index is 0.0308. The van der Waals surface area contributed by atoms with Gasteiger partial charge in [0.1, 0.15) is 23.9 Å². The molecule has 1 aromatic carbocycles. The lowest BCUT2D eigenvalue weighted by molar-refractivity contribution is -0.109. The van der Waals surface area contributed by atoms with Crippen LogP contribution in [0.1, 0.15) is 5.56 Å². The SMILES string of the molecule is CNc1c(OCC=O)ncc(-c2cc3cc(N)ncc3c(Cl)c2F)c1C. The summed E-state index contributed by atoms with van der Waals surface area (Å²) in [7, 11) is 1.69. The summed E-state index contributed by atoms with van der Waals surface area (Å²) < 4.78 is 20.2. The molecule has 3 rings (SSSR count). The maximum absolute atomic E-state index is 14.9. The van der Waals surface area contributed by atoms with Gasteiger partial charge in [0.25, 0.3) is 0 Å². The molecular formula is C18H16ClFN4O2. The number of halogens is 2. The number of carbonyl (C=O) groups is 1. The highest BCUT2D eigenvalue weighted by Crippen LogP contribution is 2.39. The van der Waals surface area contributed by atoms with Crippen LogP contribution in [0.25, 0.3) is 21.9 Å². The van der Waals surface area contributed by atoms with Gasteiger partial charge in [-0.2, -0.15) is 0 Å².